The Kier molecular flexibility index (Phi) is 5.68. The van der Waals surface area contributed by atoms with E-state index in [4.69, 9.17) is 5.26 Å². The number of amides is 1. The summed E-state index contributed by atoms with van der Waals surface area (Å²) in [5, 5.41) is 11.7. The molecule has 7 heteroatoms. The number of aromatic nitrogens is 1. The number of hydrogen-bond acceptors (Lipinski definition) is 4. The number of nitrogens with one attached hydrogen (secondary N) is 2. The number of aryl methyl sites for hydroxylation is 1. The van der Waals surface area contributed by atoms with Crippen LogP contribution in [0.25, 0.3) is 6.08 Å². The van der Waals surface area contributed by atoms with Crippen molar-refractivity contribution in [3.05, 3.63) is 53.1 Å². The summed E-state index contributed by atoms with van der Waals surface area (Å²) >= 11 is 1.52. The minimum atomic E-state index is -0.607. The van der Waals surface area contributed by atoms with E-state index in [0.29, 0.717) is 17.3 Å². The lowest BCUT2D eigenvalue weighted by molar-refractivity contribution is 0.101. The van der Waals surface area contributed by atoms with Crippen LogP contribution in [0, 0.1) is 23.1 Å². The summed E-state index contributed by atoms with van der Waals surface area (Å²) in [7, 11) is 1.81. The summed E-state index contributed by atoms with van der Waals surface area (Å²) in [6, 6.07) is 5.97. The van der Waals surface area contributed by atoms with E-state index in [9.17, 15) is 9.18 Å². The molecule has 1 aliphatic heterocycles. The summed E-state index contributed by atoms with van der Waals surface area (Å²) in [5.74, 6) is -0.349. The summed E-state index contributed by atoms with van der Waals surface area (Å²) in [5.41, 5.74) is 1.65. The second kappa shape index (κ2) is 7.99. The van der Waals surface area contributed by atoms with Crippen molar-refractivity contribution in [3.8, 4) is 6.07 Å². The number of benzene rings is 1. The molecule has 1 unspecified atom stereocenters. The number of nitriles is 1. The van der Waals surface area contributed by atoms with Crippen LogP contribution in [0.3, 0.4) is 0 Å². The highest BCUT2D eigenvalue weighted by molar-refractivity contribution is 7.97. The second-order valence-electron chi connectivity index (χ2n) is 6.94. The quantitative estimate of drug-likeness (QED) is 0.770. The lowest BCUT2D eigenvalue weighted by Crippen LogP contribution is -2.21. The van der Waals surface area contributed by atoms with Gasteiger partial charge in [0.05, 0.1) is 5.56 Å². The zero-order chi connectivity index (χ0) is 19.6. The first-order valence-electron chi connectivity index (χ1n) is 8.70. The Balaban J connectivity index is 1.87. The average molecular weight is 384 g/mol. The maximum atomic E-state index is 13.5. The summed E-state index contributed by atoms with van der Waals surface area (Å²) in [6.45, 7) is 4.35. The Morgan fingerprint density at radius 1 is 1.48 bits per heavy atom. The van der Waals surface area contributed by atoms with E-state index in [0.717, 1.165) is 16.9 Å². The molecule has 1 aromatic heterocycles. The fraction of sp³-hybridized carbons (Fsp3) is 0.300. The highest BCUT2D eigenvalue weighted by atomic mass is 32.2. The monoisotopic (exact) mass is 384 g/mol. The highest BCUT2D eigenvalue weighted by Crippen LogP contribution is 2.31. The topological polar surface area (TPSA) is 69.8 Å². The fourth-order valence-electron chi connectivity index (χ4n) is 3.05. The van der Waals surface area contributed by atoms with Crippen LogP contribution in [0.4, 0.5) is 10.1 Å². The first kappa shape index (κ1) is 19.2. The number of rotatable bonds is 4. The van der Waals surface area contributed by atoms with Crippen LogP contribution in [-0.2, 0) is 7.05 Å². The molecule has 5 nitrogen and oxygen atoms in total. The van der Waals surface area contributed by atoms with Crippen LogP contribution in [0.15, 0.2) is 35.4 Å². The van der Waals surface area contributed by atoms with Crippen molar-refractivity contribution in [1.29, 1.82) is 5.26 Å². The van der Waals surface area contributed by atoms with E-state index in [1.54, 1.807) is 10.6 Å². The molecule has 3 rings (SSSR count). The molecule has 140 valence electrons. The third-order valence-electron chi connectivity index (χ3n) is 4.28. The molecule has 0 fully saturated rings. The molecule has 0 aliphatic carbocycles. The molecule has 1 amide bonds. The fourth-order valence-corrected chi connectivity index (χ4v) is 3.98. The van der Waals surface area contributed by atoms with Crippen molar-refractivity contribution >= 4 is 29.6 Å². The number of fused-ring (bicyclic) bond motifs is 1. The number of carbonyl (C=O) groups excluding carboxylic acids is 1. The first-order valence-corrected chi connectivity index (χ1v) is 9.51. The van der Waals surface area contributed by atoms with E-state index >= 15 is 0 Å². The molecule has 0 bridgehead atoms. The number of halogens is 1. The van der Waals surface area contributed by atoms with Gasteiger partial charge < -0.3 is 9.88 Å². The van der Waals surface area contributed by atoms with Gasteiger partial charge in [0, 0.05) is 35.4 Å². The van der Waals surface area contributed by atoms with Crippen LogP contribution in [0.5, 0.6) is 0 Å². The van der Waals surface area contributed by atoms with Gasteiger partial charge in [-0.2, -0.15) is 5.26 Å². The van der Waals surface area contributed by atoms with E-state index in [1.807, 2.05) is 19.3 Å². The normalized spacial score (nSPS) is 15.9. The minimum Gasteiger partial charge on any atom is -0.345 e. The zero-order valence-electron chi connectivity index (χ0n) is 15.4. The van der Waals surface area contributed by atoms with Crippen molar-refractivity contribution in [2.24, 2.45) is 13.0 Å². The minimum absolute atomic E-state index is 0.102. The Labute approximate surface area is 162 Å². The molecule has 1 aliphatic rings. The van der Waals surface area contributed by atoms with Crippen LogP contribution in [-0.4, -0.2) is 16.5 Å². The molecule has 2 N–H and O–H groups in total. The predicted molar refractivity (Wildman–Crippen MR) is 106 cm³/mol. The van der Waals surface area contributed by atoms with Gasteiger partial charge in [-0.3, -0.25) is 9.52 Å². The molecular weight excluding hydrogens is 363 g/mol. The van der Waals surface area contributed by atoms with Gasteiger partial charge in [-0.15, -0.1) is 0 Å². The van der Waals surface area contributed by atoms with E-state index in [1.165, 1.54) is 30.1 Å². The molecule has 1 aromatic carbocycles. The largest absolute Gasteiger partial charge is 0.345 e. The molecular formula is C20H21FN4OS. The van der Waals surface area contributed by atoms with Crippen LogP contribution in [0.1, 0.15) is 41.9 Å². The molecule has 0 saturated heterocycles. The van der Waals surface area contributed by atoms with E-state index in [2.05, 4.69) is 30.0 Å². The average Bonchev–Trinajstić information content (AvgIpc) is 2.82. The van der Waals surface area contributed by atoms with Gasteiger partial charge in [0.1, 0.15) is 17.6 Å². The first-order chi connectivity index (χ1) is 12.9. The molecule has 27 heavy (non-hydrogen) atoms. The third kappa shape index (κ3) is 4.24. The second-order valence-corrected chi connectivity index (χ2v) is 7.82. The van der Waals surface area contributed by atoms with Crippen LogP contribution < -0.4 is 10.0 Å². The van der Waals surface area contributed by atoms with E-state index in [-0.39, 0.29) is 17.5 Å². The zero-order valence-corrected chi connectivity index (χ0v) is 16.2. The molecule has 1 atom stereocenters. The molecule has 0 radical (unpaired) electrons. The smallest absolute Gasteiger partial charge is 0.272 e. The lowest BCUT2D eigenvalue weighted by atomic mass is 10.0. The van der Waals surface area contributed by atoms with Crippen molar-refractivity contribution < 1.29 is 9.18 Å². The van der Waals surface area contributed by atoms with Gasteiger partial charge in [-0.1, -0.05) is 26.0 Å². The predicted octanol–water partition coefficient (Wildman–Crippen LogP) is 4.33. The molecule has 0 saturated carbocycles. The Hall–Kier alpha value is -2.56. The van der Waals surface area contributed by atoms with Gasteiger partial charge in [0.2, 0.25) is 0 Å². The Morgan fingerprint density at radius 3 is 2.96 bits per heavy atom. The maximum absolute atomic E-state index is 13.5. The number of hydrogen-bond donors (Lipinski definition) is 2. The van der Waals surface area contributed by atoms with Crippen molar-refractivity contribution in [3.63, 3.8) is 0 Å². The standard InChI is InChI=1S/C20H21FN4OS/c1-12(2)8-15-4-6-16-18(27-24-15)11-25(3)19(16)20(26)23-14-5-7-17(21)13(9-14)10-22/h4-7,9,11-12,15,24H,8H2,1-3H3,(H,23,26). The van der Waals surface area contributed by atoms with Gasteiger partial charge in [-0.05, 0) is 42.5 Å². The molecule has 0 spiro atoms. The number of anilines is 1. The van der Waals surface area contributed by atoms with Crippen molar-refractivity contribution in [2.75, 3.05) is 5.32 Å². The number of nitrogens with zero attached hydrogens (tertiary/aromatic N) is 2. The molecule has 2 heterocycles. The SMILES string of the molecule is CC(C)CC1C=Cc2c(cn(C)c2C(=O)Nc2ccc(F)c(C#N)c2)SN1. The summed E-state index contributed by atoms with van der Waals surface area (Å²) < 4.78 is 18.7. The van der Waals surface area contributed by atoms with Gasteiger partial charge >= 0.3 is 0 Å². The van der Waals surface area contributed by atoms with Crippen LogP contribution in [0.2, 0.25) is 0 Å². The lowest BCUT2D eigenvalue weighted by Gasteiger charge is -2.14. The van der Waals surface area contributed by atoms with Gasteiger partial charge in [0.15, 0.2) is 0 Å². The van der Waals surface area contributed by atoms with Gasteiger partial charge in [-0.25, -0.2) is 4.39 Å². The number of carbonyl (C=O) groups is 1. The van der Waals surface area contributed by atoms with E-state index < -0.39 is 5.82 Å². The summed E-state index contributed by atoms with van der Waals surface area (Å²) in [6.07, 6.45) is 6.99. The summed E-state index contributed by atoms with van der Waals surface area (Å²) in [4.78, 5) is 13.8. The Bertz CT molecular complexity index is 942. The Morgan fingerprint density at radius 2 is 2.26 bits per heavy atom. The highest BCUT2D eigenvalue weighted by Gasteiger charge is 2.22. The molecule has 2 aromatic rings. The van der Waals surface area contributed by atoms with Crippen molar-refractivity contribution in [1.82, 2.24) is 9.29 Å². The van der Waals surface area contributed by atoms with Crippen LogP contribution >= 0.6 is 11.9 Å². The third-order valence-corrected chi connectivity index (χ3v) is 5.25. The van der Waals surface area contributed by atoms with Gasteiger partial charge in [0.25, 0.3) is 5.91 Å². The van der Waals surface area contributed by atoms with Crippen molar-refractivity contribution in [2.45, 2.75) is 31.2 Å². The maximum Gasteiger partial charge on any atom is 0.272 e.